The van der Waals surface area contributed by atoms with Gasteiger partial charge in [-0.1, -0.05) is 12.1 Å². The molecule has 0 aliphatic rings. The largest absolute Gasteiger partial charge is 0.381 e. The summed E-state index contributed by atoms with van der Waals surface area (Å²) in [4.78, 5) is 11.5. The van der Waals surface area contributed by atoms with Gasteiger partial charge in [-0.2, -0.15) is 0 Å². The van der Waals surface area contributed by atoms with Gasteiger partial charge in [0.25, 0.3) is 0 Å². The van der Waals surface area contributed by atoms with Gasteiger partial charge < -0.3 is 4.74 Å². The summed E-state index contributed by atoms with van der Waals surface area (Å²) in [5, 5.41) is 7.33. The van der Waals surface area contributed by atoms with Crippen molar-refractivity contribution in [2.24, 2.45) is 7.05 Å². The SMILES string of the molecule is CCCOCCC(=O)c1cnnn1C. The standard InChI is InChI=1S/C9H15N3O2/c1-3-5-14-6-4-9(13)8-7-10-11-12(8)2/h7H,3-6H2,1-2H3. The van der Waals surface area contributed by atoms with E-state index in [1.165, 1.54) is 10.9 Å². The number of hydrogen-bond acceptors (Lipinski definition) is 4. The normalized spacial score (nSPS) is 10.4. The van der Waals surface area contributed by atoms with E-state index in [1.807, 2.05) is 6.92 Å². The third-order valence-corrected chi connectivity index (χ3v) is 1.82. The molecule has 0 saturated carbocycles. The van der Waals surface area contributed by atoms with E-state index in [4.69, 9.17) is 4.74 Å². The summed E-state index contributed by atoms with van der Waals surface area (Å²) < 4.78 is 6.69. The molecule has 1 heterocycles. The molecule has 78 valence electrons. The summed E-state index contributed by atoms with van der Waals surface area (Å²) in [5.74, 6) is 0.0219. The van der Waals surface area contributed by atoms with Crippen LogP contribution in [-0.2, 0) is 11.8 Å². The zero-order valence-electron chi connectivity index (χ0n) is 8.56. The van der Waals surface area contributed by atoms with Crippen molar-refractivity contribution in [2.45, 2.75) is 19.8 Å². The Balaban J connectivity index is 2.32. The molecule has 0 unspecified atom stereocenters. The highest BCUT2D eigenvalue weighted by Crippen LogP contribution is 1.99. The van der Waals surface area contributed by atoms with Crippen molar-refractivity contribution < 1.29 is 9.53 Å². The van der Waals surface area contributed by atoms with E-state index in [-0.39, 0.29) is 5.78 Å². The number of aromatic nitrogens is 3. The van der Waals surface area contributed by atoms with E-state index >= 15 is 0 Å². The average Bonchev–Trinajstić information content (AvgIpc) is 2.59. The van der Waals surface area contributed by atoms with E-state index < -0.39 is 0 Å². The molecule has 1 aromatic rings. The van der Waals surface area contributed by atoms with Crippen LogP contribution in [0.2, 0.25) is 0 Å². The Hall–Kier alpha value is -1.23. The topological polar surface area (TPSA) is 57.0 Å². The monoisotopic (exact) mass is 197 g/mol. The maximum absolute atomic E-state index is 11.5. The minimum Gasteiger partial charge on any atom is -0.381 e. The van der Waals surface area contributed by atoms with Crippen molar-refractivity contribution in [3.05, 3.63) is 11.9 Å². The number of carbonyl (C=O) groups excluding carboxylic acids is 1. The average molecular weight is 197 g/mol. The molecule has 0 saturated heterocycles. The molecule has 1 aromatic heterocycles. The Morgan fingerprint density at radius 3 is 2.93 bits per heavy atom. The fourth-order valence-corrected chi connectivity index (χ4v) is 1.08. The van der Waals surface area contributed by atoms with E-state index in [1.54, 1.807) is 7.05 Å². The summed E-state index contributed by atoms with van der Waals surface area (Å²) in [6.45, 7) is 3.21. The third-order valence-electron chi connectivity index (χ3n) is 1.82. The summed E-state index contributed by atoms with van der Waals surface area (Å²) in [6.07, 6.45) is 2.84. The number of carbonyl (C=O) groups is 1. The summed E-state index contributed by atoms with van der Waals surface area (Å²) in [7, 11) is 1.70. The van der Waals surface area contributed by atoms with Crippen LogP contribution in [0.15, 0.2) is 6.20 Å². The first-order valence-corrected chi connectivity index (χ1v) is 4.71. The van der Waals surface area contributed by atoms with Crippen LogP contribution in [0.5, 0.6) is 0 Å². The Morgan fingerprint density at radius 1 is 1.57 bits per heavy atom. The number of aryl methyl sites for hydroxylation is 1. The number of Topliss-reactive ketones (excluding diaryl/α,β-unsaturated/α-hetero) is 1. The predicted molar refractivity (Wildman–Crippen MR) is 51.1 cm³/mol. The Morgan fingerprint density at radius 2 is 2.36 bits per heavy atom. The second-order valence-corrected chi connectivity index (χ2v) is 3.03. The van der Waals surface area contributed by atoms with E-state index in [0.29, 0.717) is 25.3 Å². The predicted octanol–water partition coefficient (Wildman–Crippen LogP) is 0.814. The zero-order valence-corrected chi connectivity index (χ0v) is 8.56. The molecule has 0 spiro atoms. The van der Waals surface area contributed by atoms with Crippen molar-refractivity contribution in [1.82, 2.24) is 15.0 Å². The van der Waals surface area contributed by atoms with Crippen LogP contribution >= 0.6 is 0 Å². The molecule has 0 radical (unpaired) electrons. The number of nitrogens with zero attached hydrogens (tertiary/aromatic N) is 3. The van der Waals surface area contributed by atoms with Crippen molar-refractivity contribution in [3.63, 3.8) is 0 Å². The number of ether oxygens (including phenoxy) is 1. The van der Waals surface area contributed by atoms with Crippen LogP contribution < -0.4 is 0 Å². The molecular formula is C9H15N3O2. The maximum Gasteiger partial charge on any atom is 0.184 e. The van der Waals surface area contributed by atoms with Crippen LogP contribution in [-0.4, -0.2) is 34.0 Å². The molecular weight excluding hydrogens is 182 g/mol. The lowest BCUT2D eigenvalue weighted by Gasteiger charge is -2.01. The van der Waals surface area contributed by atoms with E-state index in [0.717, 1.165) is 6.42 Å². The fraction of sp³-hybridized carbons (Fsp3) is 0.667. The molecule has 0 amide bonds. The lowest BCUT2D eigenvalue weighted by molar-refractivity contribution is 0.0870. The molecule has 0 aliphatic carbocycles. The van der Waals surface area contributed by atoms with Crippen molar-refractivity contribution in [3.8, 4) is 0 Å². The van der Waals surface area contributed by atoms with Gasteiger partial charge in [-0.05, 0) is 6.42 Å². The van der Waals surface area contributed by atoms with Gasteiger partial charge in [-0.3, -0.25) is 4.79 Å². The quantitative estimate of drug-likeness (QED) is 0.500. The molecule has 0 N–H and O–H groups in total. The van der Waals surface area contributed by atoms with Crippen LogP contribution in [0.1, 0.15) is 30.3 Å². The Kier molecular flexibility index (Phi) is 4.25. The van der Waals surface area contributed by atoms with E-state index in [9.17, 15) is 4.79 Å². The number of hydrogen-bond donors (Lipinski definition) is 0. The minimum absolute atomic E-state index is 0.0219. The lowest BCUT2D eigenvalue weighted by Crippen LogP contribution is -2.10. The molecule has 14 heavy (non-hydrogen) atoms. The molecule has 5 nitrogen and oxygen atoms in total. The minimum atomic E-state index is 0.0219. The maximum atomic E-state index is 11.5. The molecule has 0 aromatic carbocycles. The van der Waals surface area contributed by atoms with Crippen LogP contribution in [0.25, 0.3) is 0 Å². The highest BCUT2D eigenvalue weighted by Gasteiger charge is 2.09. The molecule has 0 bridgehead atoms. The van der Waals surface area contributed by atoms with Crippen molar-refractivity contribution >= 4 is 5.78 Å². The van der Waals surface area contributed by atoms with Gasteiger partial charge in [0.1, 0.15) is 5.69 Å². The van der Waals surface area contributed by atoms with Crippen LogP contribution in [0.4, 0.5) is 0 Å². The first kappa shape index (κ1) is 10.8. The van der Waals surface area contributed by atoms with Gasteiger partial charge in [0.15, 0.2) is 5.78 Å². The van der Waals surface area contributed by atoms with Gasteiger partial charge in [-0.25, -0.2) is 4.68 Å². The Bertz CT molecular complexity index is 296. The van der Waals surface area contributed by atoms with Crippen molar-refractivity contribution in [2.75, 3.05) is 13.2 Å². The molecule has 0 atom stereocenters. The number of ketones is 1. The lowest BCUT2D eigenvalue weighted by atomic mass is 10.2. The van der Waals surface area contributed by atoms with Gasteiger partial charge in [0.2, 0.25) is 0 Å². The fourth-order valence-electron chi connectivity index (χ4n) is 1.08. The van der Waals surface area contributed by atoms with Crippen LogP contribution in [0, 0.1) is 0 Å². The first-order chi connectivity index (χ1) is 6.75. The van der Waals surface area contributed by atoms with Crippen molar-refractivity contribution in [1.29, 1.82) is 0 Å². The van der Waals surface area contributed by atoms with Gasteiger partial charge in [-0.15, -0.1) is 5.10 Å². The van der Waals surface area contributed by atoms with Gasteiger partial charge in [0.05, 0.1) is 12.8 Å². The first-order valence-electron chi connectivity index (χ1n) is 4.71. The molecule has 5 heteroatoms. The van der Waals surface area contributed by atoms with Crippen LogP contribution in [0.3, 0.4) is 0 Å². The van der Waals surface area contributed by atoms with Gasteiger partial charge >= 0.3 is 0 Å². The molecule has 0 fully saturated rings. The summed E-state index contributed by atoms with van der Waals surface area (Å²) in [5.41, 5.74) is 0.532. The summed E-state index contributed by atoms with van der Waals surface area (Å²) in [6, 6.07) is 0. The highest BCUT2D eigenvalue weighted by molar-refractivity contribution is 5.94. The molecule has 0 aliphatic heterocycles. The second kappa shape index (κ2) is 5.49. The third kappa shape index (κ3) is 2.92. The molecule has 1 rings (SSSR count). The highest BCUT2D eigenvalue weighted by atomic mass is 16.5. The van der Waals surface area contributed by atoms with Gasteiger partial charge in [0, 0.05) is 20.1 Å². The smallest absolute Gasteiger partial charge is 0.184 e. The van der Waals surface area contributed by atoms with E-state index in [2.05, 4.69) is 10.3 Å². The second-order valence-electron chi connectivity index (χ2n) is 3.03. The number of rotatable bonds is 6. The zero-order chi connectivity index (χ0) is 10.4. The summed E-state index contributed by atoms with van der Waals surface area (Å²) >= 11 is 0. The Labute approximate surface area is 83.1 Å².